The third kappa shape index (κ3) is 3.70. The highest BCUT2D eigenvalue weighted by atomic mass is 16.3. The van der Waals surface area contributed by atoms with Gasteiger partial charge in [0, 0.05) is 38.6 Å². The number of nitrogens with zero attached hydrogens (tertiary/aromatic N) is 2. The van der Waals surface area contributed by atoms with Crippen LogP contribution in [0.4, 0.5) is 4.79 Å². The Labute approximate surface area is 151 Å². The molecule has 138 valence electrons. The van der Waals surface area contributed by atoms with E-state index in [9.17, 15) is 14.4 Å². The first-order valence-corrected chi connectivity index (χ1v) is 8.54. The molecule has 1 saturated heterocycles. The SMILES string of the molecule is CNC(=O)NC(=O)C(C)N1CCN(C(=O)c2cc3ccccc3o2)CC1. The number of urea groups is 1. The summed E-state index contributed by atoms with van der Waals surface area (Å²) in [6.07, 6.45) is 0. The van der Waals surface area contributed by atoms with Crippen LogP contribution in [0.1, 0.15) is 17.5 Å². The van der Waals surface area contributed by atoms with E-state index in [1.165, 1.54) is 7.05 Å². The number of rotatable bonds is 3. The van der Waals surface area contributed by atoms with Gasteiger partial charge in [0.1, 0.15) is 5.58 Å². The monoisotopic (exact) mass is 358 g/mol. The minimum Gasteiger partial charge on any atom is -0.451 e. The molecule has 1 unspecified atom stereocenters. The van der Waals surface area contributed by atoms with Gasteiger partial charge in [-0.3, -0.25) is 19.8 Å². The lowest BCUT2D eigenvalue weighted by molar-refractivity contribution is -0.125. The predicted molar refractivity (Wildman–Crippen MR) is 95.8 cm³/mol. The second-order valence-corrected chi connectivity index (χ2v) is 6.22. The molecule has 0 aliphatic carbocycles. The molecule has 2 aromatic rings. The molecule has 8 heteroatoms. The predicted octanol–water partition coefficient (Wildman–Crippen LogP) is 1.03. The molecule has 1 atom stereocenters. The van der Waals surface area contributed by atoms with Gasteiger partial charge in [-0.15, -0.1) is 0 Å². The lowest BCUT2D eigenvalue weighted by Crippen LogP contribution is -2.56. The summed E-state index contributed by atoms with van der Waals surface area (Å²) in [4.78, 5) is 39.6. The van der Waals surface area contributed by atoms with E-state index in [-0.39, 0.29) is 11.8 Å². The van der Waals surface area contributed by atoms with E-state index in [0.29, 0.717) is 37.5 Å². The van der Waals surface area contributed by atoms with Crippen molar-refractivity contribution < 1.29 is 18.8 Å². The second-order valence-electron chi connectivity index (χ2n) is 6.22. The highest BCUT2D eigenvalue weighted by Crippen LogP contribution is 2.20. The summed E-state index contributed by atoms with van der Waals surface area (Å²) in [5, 5.41) is 5.52. The van der Waals surface area contributed by atoms with Gasteiger partial charge in [-0.25, -0.2) is 4.79 Å². The van der Waals surface area contributed by atoms with Gasteiger partial charge in [0.05, 0.1) is 6.04 Å². The van der Waals surface area contributed by atoms with Crippen molar-refractivity contribution in [1.29, 1.82) is 0 Å². The standard InChI is InChI=1S/C18H22N4O4/c1-12(16(23)20-18(25)19-2)21-7-9-22(10-8-21)17(24)15-11-13-5-3-4-6-14(13)26-15/h3-6,11-12H,7-10H2,1-2H3,(H2,19,20,23,25). The van der Waals surface area contributed by atoms with E-state index in [1.54, 1.807) is 17.9 Å². The van der Waals surface area contributed by atoms with Gasteiger partial charge in [-0.1, -0.05) is 18.2 Å². The number of piperazine rings is 1. The molecule has 4 amide bonds. The number of benzene rings is 1. The summed E-state index contributed by atoms with van der Waals surface area (Å²) in [5.41, 5.74) is 0.689. The zero-order valence-corrected chi connectivity index (χ0v) is 14.8. The van der Waals surface area contributed by atoms with Crippen molar-refractivity contribution in [1.82, 2.24) is 20.4 Å². The Balaban J connectivity index is 1.58. The Bertz CT molecular complexity index is 790. The zero-order chi connectivity index (χ0) is 18.7. The van der Waals surface area contributed by atoms with Crippen LogP contribution in [0.5, 0.6) is 0 Å². The van der Waals surface area contributed by atoms with Gasteiger partial charge < -0.3 is 14.6 Å². The molecule has 1 aliphatic rings. The topological polar surface area (TPSA) is 94.9 Å². The van der Waals surface area contributed by atoms with Crippen molar-refractivity contribution >= 4 is 28.8 Å². The fraction of sp³-hybridized carbons (Fsp3) is 0.389. The van der Waals surface area contributed by atoms with Crippen molar-refractivity contribution in [3.63, 3.8) is 0 Å². The maximum Gasteiger partial charge on any atom is 0.321 e. The highest BCUT2D eigenvalue weighted by molar-refractivity contribution is 5.97. The van der Waals surface area contributed by atoms with Gasteiger partial charge in [0.25, 0.3) is 5.91 Å². The third-order valence-electron chi connectivity index (χ3n) is 4.63. The summed E-state index contributed by atoms with van der Waals surface area (Å²) in [7, 11) is 1.45. The number of hydrogen-bond acceptors (Lipinski definition) is 5. The van der Waals surface area contributed by atoms with Crippen LogP contribution in [0.15, 0.2) is 34.7 Å². The minimum atomic E-state index is -0.527. The van der Waals surface area contributed by atoms with Crippen molar-refractivity contribution in [2.24, 2.45) is 0 Å². The number of fused-ring (bicyclic) bond motifs is 1. The normalized spacial score (nSPS) is 16.3. The first kappa shape index (κ1) is 17.9. The number of hydrogen-bond donors (Lipinski definition) is 2. The van der Waals surface area contributed by atoms with Crippen LogP contribution in [-0.2, 0) is 4.79 Å². The van der Waals surface area contributed by atoms with Gasteiger partial charge in [-0.05, 0) is 19.1 Å². The van der Waals surface area contributed by atoms with E-state index in [1.807, 2.05) is 29.2 Å². The molecule has 1 aromatic heterocycles. The molecule has 26 heavy (non-hydrogen) atoms. The van der Waals surface area contributed by atoms with Crippen LogP contribution in [0, 0.1) is 0 Å². The summed E-state index contributed by atoms with van der Waals surface area (Å²) in [6, 6.07) is 8.28. The number of furan rings is 1. The second kappa shape index (κ2) is 7.57. The van der Waals surface area contributed by atoms with Crippen molar-refractivity contribution in [3.8, 4) is 0 Å². The number of para-hydroxylation sites is 1. The van der Waals surface area contributed by atoms with Crippen LogP contribution in [0.25, 0.3) is 11.0 Å². The molecule has 1 aliphatic heterocycles. The van der Waals surface area contributed by atoms with Crippen LogP contribution < -0.4 is 10.6 Å². The summed E-state index contributed by atoms with van der Waals surface area (Å²) in [6.45, 7) is 3.83. The highest BCUT2D eigenvalue weighted by Gasteiger charge is 2.29. The number of carbonyl (C=O) groups is 3. The van der Waals surface area contributed by atoms with Gasteiger partial charge >= 0.3 is 6.03 Å². The molecular weight excluding hydrogens is 336 g/mol. The van der Waals surface area contributed by atoms with Gasteiger partial charge in [0.2, 0.25) is 5.91 Å². The van der Waals surface area contributed by atoms with E-state index in [2.05, 4.69) is 10.6 Å². The molecule has 0 radical (unpaired) electrons. The van der Waals surface area contributed by atoms with Crippen LogP contribution in [0.3, 0.4) is 0 Å². The van der Waals surface area contributed by atoms with E-state index >= 15 is 0 Å². The maximum atomic E-state index is 12.6. The molecule has 1 aromatic carbocycles. The summed E-state index contributed by atoms with van der Waals surface area (Å²) >= 11 is 0. The van der Waals surface area contributed by atoms with Gasteiger partial charge in [0.15, 0.2) is 5.76 Å². The van der Waals surface area contributed by atoms with E-state index in [0.717, 1.165) is 5.39 Å². The maximum absolute atomic E-state index is 12.6. The molecule has 8 nitrogen and oxygen atoms in total. The fourth-order valence-corrected chi connectivity index (χ4v) is 3.00. The van der Waals surface area contributed by atoms with E-state index in [4.69, 9.17) is 4.42 Å². The smallest absolute Gasteiger partial charge is 0.321 e. The average Bonchev–Trinajstić information content (AvgIpc) is 3.11. The number of amides is 4. The Morgan fingerprint density at radius 1 is 1.12 bits per heavy atom. The summed E-state index contributed by atoms with van der Waals surface area (Å²) < 4.78 is 5.64. The molecule has 0 spiro atoms. The lowest BCUT2D eigenvalue weighted by atomic mass is 10.2. The van der Waals surface area contributed by atoms with E-state index < -0.39 is 12.1 Å². The number of nitrogens with one attached hydrogen (secondary N) is 2. The largest absolute Gasteiger partial charge is 0.451 e. The molecule has 2 heterocycles. The minimum absolute atomic E-state index is 0.150. The Morgan fingerprint density at radius 2 is 1.81 bits per heavy atom. The molecule has 3 rings (SSSR count). The van der Waals surface area contributed by atoms with Crippen LogP contribution in [0.2, 0.25) is 0 Å². The van der Waals surface area contributed by atoms with Crippen molar-refractivity contribution in [2.45, 2.75) is 13.0 Å². The number of imide groups is 1. The van der Waals surface area contributed by atoms with Crippen molar-refractivity contribution in [3.05, 3.63) is 36.1 Å². The molecule has 0 bridgehead atoms. The Morgan fingerprint density at radius 3 is 2.46 bits per heavy atom. The number of carbonyl (C=O) groups excluding carboxylic acids is 3. The Hall–Kier alpha value is -2.87. The van der Waals surface area contributed by atoms with Crippen LogP contribution in [-0.4, -0.2) is 66.9 Å². The Kier molecular flexibility index (Phi) is 5.22. The third-order valence-corrected chi connectivity index (χ3v) is 4.63. The first-order valence-electron chi connectivity index (χ1n) is 8.54. The first-order chi connectivity index (χ1) is 12.5. The summed E-state index contributed by atoms with van der Waals surface area (Å²) in [5.74, 6) is -0.185. The zero-order valence-electron chi connectivity index (χ0n) is 14.8. The van der Waals surface area contributed by atoms with Crippen molar-refractivity contribution in [2.75, 3.05) is 33.2 Å². The quantitative estimate of drug-likeness (QED) is 0.855. The lowest BCUT2D eigenvalue weighted by Gasteiger charge is -2.36. The molecule has 2 N–H and O–H groups in total. The molecular formula is C18H22N4O4. The van der Waals surface area contributed by atoms with Crippen LogP contribution >= 0.6 is 0 Å². The average molecular weight is 358 g/mol. The molecule has 1 fully saturated rings. The van der Waals surface area contributed by atoms with Gasteiger partial charge in [-0.2, -0.15) is 0 Å². The molecule has 0 saturated carbocycles. The fourth-order valence-electron chi connectivity index (χ4n) is 3.00.